The van der Waals surface area contributed by atoms with Crippen LogP contribution in [0, 0.1) is 17.8 Å². The first kappa shape index (κ1) is 11.0. The number of hydrogen-bond donors (Lipinski definition) is 1. The first-order valence-electron chi connectivity index (χ1n) is 7.49. The number of pyridine rings is 1. The van der Waals surface area contributed by atoms with Crippen LogP contribution in [0.4, 0.5) is 0 Å². The predicted octanol–water partition coefficient (Wildman–Crippen LogP) is 2.88. The average Bonchev–Trinajstić information content (AvgIpc) is 2.38. The summed E-state index contributed by atoms with van der Waals surface area (Å²) in [5, 5.41) is 3.91. The van der Waals surface area contributed by atoms with Crippen LogP contribution in [0.15, 0.2) is 18.3 Å². The van der Waals surface area contributed by atoms with Crippen molar-refractivity contribution in [2.45, 2.75) is 44.6 Å². The third kappa shape index (κ3) is 1.36. The first-order valence-corrected chi connectivity index (χ1v) is 7.49. The minimum absolute atomic E-state index is 0.266. The molecule has 4 atom stereocenters. The van der Waals surface area contributed by atoms with Crippen molar-refractivity contribution in [2.24, 2.45) is 17.8 Å². The molecule has 0 amide bonds. The van der Waals surface area contributed by atoms with E-state index in [1.54, 1.807) is 0 Å². The van der Waals surface area contributed by atoms with Crippen LogP contribution in [-0.2, 0) is 12.0 Å². The lowest BCUT2D eigenvalue weighted by atomic mass is 9.54. The van der Waals surface area contributed by atoms with Gasteiger partial charge in [-0.2, -0.15) is 0 Å². The largest absolute Gasteiger partial charge is 0.307 e. The van der Waals surface area contributed by atoms with E-state index >= 15 is 0 Å². The van der Waals surface area contributed by atoms with E-state index < -0.39 is 0 Å². The fourth-order valence-electron chi connectivity index (χ4n) is 5.07. The second-order valence-electron chi connectivity index (χ2n) is 6.65. The molecule has 0 spiro atoms. The number of fused-ring (bicyclic) bond motifs is 1. The van der Waals surface area contributed by atoms with Gasteiger partial charge >= 0.3 is 0 Å². The van der Waals surface area contributed by atoms with Gasteiger partial charge in [-0.3, -0.25) is 4.98 Å². The zero-order valence-electron chi connectivity index (χ0n) is 11.2. The normalized spacial score (nSPS) is 41.9. The molecule has 2 fully saturated rings. The molecule has 2 nitrogen and oxygen atoms in total. The molecule has 0 aromatic carbocycles. The minimum atomic E-state index is 0.266. The van der Waals surface area contributed by atoms with Crippen LogP contribution in [0.2, 0.25) is 0 Å². The maximum atomic E-state index is 4.67. The average molecular weight is 242 g/mol. The summed E-state index contributed by atoms with van der Waals surface area (Å²) in [5.41, 5.74) is 3.17. The number of rotatable bonds is 0. The molecule has 2 heteroatoms. The molecular formula is C16H22N2. The molecule has 1 saturated heterocycles. The van der Waals surface area contributed by atoms with Gasteiger partial charge in [0.25, 0.3) is 0 Å². The smallest absolute Gasteiger partial charge is 0.0486 e. The van der Waals surface area contributed by atoms with Crippen LogP contribution in [0.1, 0.15) is 43.9 Å². The van der Waals surface area contributed by atoms with Gasteiger partial charge < -0.3 is 5.32 Å². The zero-order chi connectivity index (χ0) is 12.2. The molecule has 1 aliphatic heterocycles. The maximum Gasteiger partial charge on any atom is 0.0486 e. The second-order valence-corrected chi connectivity index (χ2v) is 6.65. The van der Waals surface area contributed by atoms with Crippen molar-refractivity contribution in [1.82, 2.24) is 10.3 Å². The Morgan fingerprint density at radius 2 is 2.39 bits per heavy atom. The summed E-state index contributed by atoms with van der Waals surface area (Å²) in [6.07, 6.45) is 8.68. The van der Waals surface area contributed by atoms with Crippen LogP contribution in [0.5, 0.6) is 0 Å². The molecule has 4 rings (SSSR count). The van der Waals surface area contributed by atoms with Crippen molar-refractivity contribution < 1.29 is 0 Å². The van der Waals surface area contributed by atoms with E-state index in [9.17, 15) is 0 Å². The van der Waals surface area contributed by atoms with Crippen molar-refractivity contribution in [1.29, 1.82) is 0 Å². The molecule has 2 heterocycles. The first-order chi connectivity index (χ1) is 8.79. The van der Waals surface area contributed by atoms with E-state index in [-0.39, 0.29) is 5.54 Å². The van der Waals surface area contributed by atoms with Gasteiger partial charge in [0.2, 0.25) is 0 Å². The highest BCUT2D eigenvalue weighted by Gasteiger charge is 2.53. The van der Waals surface area contributed by atoms with E-state index in [2.05, 4.69) is 29.4 Å². The summed E-state index contributed by atoms with van der Waals surface area (Å²) in [6, 6.07) is 4.46. The topological polar surface area (TPSA) is 24.9 Å². The number of aromatic nitrogens is 1. The molecular weight excluding hydrogens is 220 g/mol. The van der Waals surface area contributed by atoms with Crippen LogP contribution in [0.3, 0.4) is 0 Å². The van der Waals surface area contributed by atoms with Crippen molar-refractivity contribution in [3.8, 4) is 0 Å². The molecule has 18 heavy (non-hydrogen) atoms. The van der Waals surface area contributed by atoms with Crippen LogP contribution in [-0.4, -0.2) is 11.5 Å². The van der Waals surface area contributed by atoms with Crippen molar-refractivity contribution in [3.63, 3.8) is 0 Å². The van der Waals surface area contributed by atoms with Gasteiger partial charge in [0.05, 0.1) is 0 Å². The van der Waals surface area contributed by atoms with Gasteiger partial charge in [0, 0.05) is 17.4 Å². The van der Waals surface area contributed by atoms with Gasteiger partial charge in [-0.25, -0.2) is 0 Å². The van der Waals surface area contributed by atoms with Gasteiger partial charge in [-0.1, -0.05) is 13.0 Å². The molecule has 2 bridgehead atoms. The summed E-state index contributed by atoms with van der Waals surface area (Å²) < 4.78 is 0. The fraction of sp³-hybridized carbons (Fsp3) is 0.688. The van der Waals surface area contributed by atoms with E-state index in [0.29, 0.717) is 0 Å². The third-order valence-electron chi connectivity index (χ3n) is 5.54. The Morgan fingerprint density at radius 1 is 1.44 bits per heavy atom. The summed E-state index contributed by atoms with van der Waals surface area (Å²) >= 11 is 0. The van der Waals surface area contributed by atoms with E-state index in [0.717, 1.165) is 17.8 Å². The summed E-state index contributed by atoms with van der Waals surface area (Å²) in [5.74, 6) is 2.58. The van der Waals surface area contributed by atoms with Gasteiger partial charge in [0.1, 0.15) is 0 Å². The molecule has 3 aliphatic rings. The number of piperidine rings is 1. The number of hydrogen-bond acceptors (Lipinski definition) is 2. The Bertz CT molecular complexity index is 470. The zero-order valence-corrected chi connectivity index (χ0v) is 11.2. The Labute approximate surface area is 109 Å². The number of nitrogens with zero attached hydrogens (tertiary/aromatic N) is 1. The molecule has 2 aliphatic carbocycles. The van der Waals surface area contributed by atoms with Gasteiger partial charge in [-0.05, 0) is 68.0 Å². The van der Waals surface area contributed by atoms with E-state index in [1.165, 1.54) is 49.9 Å². The van der Waals surface area contributed by atoms with Crippen LogP contribution >= 0.6 is 0 Å². The molecule has 96 valence electrons. The van der Waals surface area contributed by atoms with Gasteiger partial charge in [0.15, 0.2) is 0 Å². The Hall–Kier alpha value is -0.890. The highest BCUT2D eigenvalue weighted by atomic mass is 15.0. The fourth-order valence-corrected chi connectivity index (χ4v) is 5.07. The summed E-state index contributed by atoms with van der Waals surface area (Å²) in [7, 11) is 0. The Kier molecular flexibility index (Phi) is 2.32. The molecule has 1 aromatic heterocycles. The predicted molar refractivity (Wildman–Crippen MR) is 72.2 cm³/mol. The Morgan fingerprint density at radius 3 is 3.33 bits per heavy atom. The SMILES string of the molecule is C[C@@H]1C[C@H]2Cc3ncccc3[C@]3(C1)NCCC[C@@H]23. The van der Waals surface area contributed by atoms with E-state index in [4.69, 9.17) is 0 Å². The summed E-state index contributed by atoms with van der Waals surface area (Å²) in [6.45, 7) is 3.62. The molecule has 1 saturated carbocycles. The van der Waals surface area contributed by atoms with Crippen molar-refractivity contribution in [3.05, 3.63) is 29.6 Å². The van der Waals surface area contributed by atoms with Crippen LogP contribution in [0.25, 0.3) is 0 Å². The van der Waals surface area contributed by atoms with Crippen molar-refractivity contribution in [2.75, 3.05) is 6.54 Å². The second kappa shape index (κ2) is 3.80. The van der Waals surface area contributed by atoms with Crippen molar-refractivity contribution >= 4 is 0 Å². The van der Waals surface area contributed by atoms with E-state index in [1.807, 2.05) is 6.20 Å². The molecule has 1 aromatic rings. The van der Waals surface area contributed by atoms with Crippen LogP contribution < -0.4 is 5.32 Å². The lowest BCUT2D eigenvalue weighted by Crippen LogP contribution is -2.60. The lowest BCUT2D eigenvalue weighted by Gasteiger charge is -2.57. The standard InChI is InChI=1S/C16H22N2/c1-11-8-12-9-15-14(5-2-6-17-15)16(10-11)13(12)4-3-7-18-16/h2,5-6,11-13,18H,3-4,7-10H2,1H3/t11-,12+,13+,16-/m1/s1. The minimum Gasteiger partial charge on any atom is -0.307 e. The Balaban J connectivity index is 1.90. The summed E-state index contributed by atoms with van der Waals surface area (Å²) in [4.78, 5) is 4.67. The highest BCUT2D eigenvalue weighted by molar-refractivity contribution is 5.35. The lowest BCUT2D eigenvalue weighted by molar-refractivity contribution is 0.00805. The third-order valence-corrected chi connectivity index (χ3v) is 5.54. The molecule has 0 radical (unpaired) electrons. The quantitative estimate of drug-likeness (QED) is 0.756. The highest BCUT2D eigenvalue weighted by Crippen LogP contribution is 2.54. The maximum absolute atomic E-state index is 4.67. The van der Waals surface area contributed by atoms with Gasteiger partial charge in [-0.15, -0.1) is 0 Å². The molecule has 0 unspecified atom stereocenters. The molecule has 1 N–H and O–H groups in total. The number of nitrogens with one attached hydrogen (secondary N) is 1. The monoisotopic (exact) mass is 242 g/mol.